The molecule has 0 fully saturated rings. The van der Waals surface area contributed by atoms with Crippen molar-refractivity contribution in [3.63, 3.8) is 0 Å². The van der Waals surface area contributed by atoms with Crippen LogP contribution in [0.2, 0.25) is 0 Å². The minimum atomic E-state index is -1.17. The van der Waals surface area contributed by atoms with E-state index in [2.05, 4.69) is 25.9 Å². The van der Waals surface area contributed by atoms with Gasteiger partial charge in [-0.05, 0) is 37.3 Å². The van der Waals surface area contributed by atoms with Crippen molar-refractivity contribution in [2.45, 2.75) is 20.1 Å². The summed E-state index contributed by atoms with van der Waals surface area (Å²) in [5.74, 6) is -0.799. The maximum Gasteiger partial charge on any atom is 0.300 e. The lowest BCUT2D eigenvalue weighted by Gasteiger charge is -2.12. The summed E-state index contributed by atoms with van der Waals surface area (Å²) >= 11 is 3.46. The first-order valence-corrected chi connectivity index (χ1v) is 9.13. The number of imidazole rings is 1. The highest BCUT2D eigenvalue weighted by atomic mass is 79.9. The van der Waals surface area contributed by atoms with Crippen molar-refractivity contribution in [2.75, 3.05) is 0 Å². The number of aryl methyl sites for hydroxylation is 1. The zero-order valence-electron chi connectivity index (χ0n) is 15.1. The van der Waals surface area contributed by atoms with E-state index in [9.17, 15) is 9.50 Å². The van der Waals surface area contributed by atoms with E-state index < -0.39 is 12.2 Å². The van der Waals surface area contributed by atoms with Crippen LogP contribution in [0.25, 0.3) is 5.69 Å². The lowest BCUT2D eigenvalue weighted by atomic mass is 10.00. The lowest BCUT2D eigenvalue weighted by molar-refractivity contribution is -0.134. The van der Waals surface area contributed by atoms with Crippen molar-refractivity contribution < 1.29 is 19.4 Å². The smallest absolute Gasteiger partial charge is 0.300 e. The maximum atomic E-state index is 14.4. The first kappa shape index (κ1) is 19.9. The maximum absolute atomic E-state index is 14.4. The van der Waals surface area contributed by atoms with Gasteiger partial charge in [-0.15, -0.1) is 0 Å². The van der Waals surface area contributed by atoms with Gasteiger partial charge in [-0.25, -0.2) is 14.4 Å². The number of hydrogen-bond acceptors (Lipinski definition) is 4. The van der Waals surface area contributed by atoms with Crippen LogP contribution in [0.3, 0.4) is 0 Å². The van der Waals surface area contributed by atoms with Crippen LogP contribution < -0.4 is 0 Å². The molecule has 1 unspecified atom stereocenters. The van der Waals surface area contributed by atoms with Gasteiger partial charge < -0.3 is 10.2 Å². The molecule has 1 aromatic heterocycles. The number of aromatic nitrogens is 2. The van der Waals surface area contributed by atoms with Crippen molar-refractivity contribution in [3.8, 4) is 5.69 Å². The molecule has 0 saturated carbocycles. The first-order valence-electron chi connectivity index (χ1n) is 8.34. The number of halogens is 2. The largest absolute Gasteiger partial charge is 0.481 e. The first-order chi connectivity index (χ1) is 13.3. The molecule has 0 amide bonds. The topological polar surface area (TPSA) is 87.7 Å². The second kappa shape index (κ2) is 8.04. The van der Waals surface area contributed by atoms with Crippen LogP contribution in [0.15, 0.2) is 58.1 Å². The van der Waals surface area contributed by atoms with Crippen molar-refractivity contribution in [1.29, 1.82) is 0 Å². The zero-order valence-corrected chi connectivity index (χ0v) is 16.7. The summed E-state index contributed by atoms with van der Waals surface area (Å²) < 4.78 is 17.0. The van der Waals surface area contributed by atoms with Crippen LogP contribution in [0, 0.1) is 12.7 Å². The molecule has 6 nitrogen and oxygen atoms in total. The minimum absolute atomic E-state index is 0.346. The molecule has 0 saturated heterocycles. The third-order valence-corrected chi connectivity index (χ3v) is 4.43. The molecule has 2 N–H and O–H groups in total. The van der Waals surface area contributed by atoms with Crippen LogP contribution in [0.4, 0.5) is 4.39 Å². The van der Waals surface area contributed by atoms with E-state index in [0.717, 1.165) is 28.3 Å². The number of aliphatic imine (C=N–C) groups is 1. The van der Waals surface area contributed by atoms with Gasteiger partial charge in [-0.1, -0.05) is 28.1 Å². The van der Waals surface area contributed by atoms with E-state index in [1.165, 1.54) is 6.07 Å². The van der Waals surface area contributed by atoms with E-state index in [1.54, 1.807) is 22.8 Å². The monoisotopic (exact) mass is 445 g/mol. The summed E-state index contributed by atoms with van der Waals surface area (Å²) in [6, 6.07) is 12.1. The van der Waals surface area contributed by atoms with Gasteiger partial charge >= 0.3 is 0 Å². The molecule has 2 aromatic carbocycles. The Labute approximate surface area is 169 Å². The number of aliphatic carboxylic acids is 1. The van der Waals surface area contributed by atoms with E-state index in [-0.39, 0.29) is 5.82 Å². The van der Waals surface area contributed by atoms with Gasteiger partial charge in [0.05, 0.1) is 17.1 Å². The molecule has 1 aliphatic rings. The van der Waals surface area contributed by atoms with E-state index in [4.69, 9.17) is 9.90 Å². The number of carbonyl (C=O) groups is 1. The Kier molecular flexibility index (Phi) is 5.71. The summed E-state index contributed by atoms with van der Waals surface area (Å²) in [5.41, 5.74) is 3.05. The van der Waals surface area contributed by atoms with Crippen molar-refractivity contribution >= 4 is 27.6 Å². The molecule has 3 aromatic rings. The highest BCUT2D eigenvalue weighted by Crippen LogP contribution is 2.31. The summed E-state index contributed by atoms with van der Waals surface area (Å²) in [6.07, 6.45) is 0.671. The number of benzene rings is 2. The molecular formula is C20H17BrFN3O3. The highest BCUT2D eigenvalue weighted by Gasteiger charge is 2.26. The molecule has 0 spiro atoms. The molecule has 0 aliphatic carbocycles. The zero-order chi connectivity index (χ0) is 20.4. The summed E-state index contributed by atoms with van der Waals surface area (Å²) in [7, 11) is 0. The van der Waals surface area contributed by atoms with Gasteiger partial charge in [0.2, 0.25) is 6.23 Å². The van der Waals surface area contributed by atoms with Gasteiger partial charge in [0.1, 0.15) is 5.82 Å². The predicted molar refractivity (Wildman–Crippen MR) is 106 cm³/mol. The molecular weight excluding hydrogens is 429 g/mol. The fourth-order valence-corrected chi connectivity index (χ4v) is 3.28. The van der Waals surface area contributed by atoms with E-state index >= 15 is 0 Å². The summed E-state index contributed by atoms with van der Waals surface area (Å²) in [5, 5.41) is 17.9. The predicted octanol–water partition coefficient (Wildman–Crippen LogP) is 4.02. The number of carboxylic acid groups (broad SMARTS) is 1. The Balaban J connectivity index is 0.000000516. The molecule has 4 rings (SSSR count). The summed E-state index contributed by atoms with van der Waals surface area (Å²) in [4.78, 5) is 17.7. The number of nitrogens with zero attached hydrogens (tertiary/aromatic N) is 3. The molecule has 28 heavy (non-hydrogen) atoms. The fraction of sp³-hybridized carbons (Fsp3) is 0.150. The third kappa shape index (κ3) is 4.02. The number of rotatable bonds is 1. The molecule has 0 radical (unpaired) electrons. The van der Waals surface area contributed by atoms with Gasteiger partial charge in [0.15, 0.2) is 5.82 Å². The van der Waals surface area contributed by atoms with Crippen molar-refractivity contribution in [3.05, 3.63) is 81.6 Å². The van der Waals surface area contributed by atoms with Crippen LogP contribution >= 0.6 is 15.9 Å². The van der Waals surface area contributed by atoms with Crippen LogP contribution in [0.1, 0.15) is 35.8 Å². The molecule has 1 atom stereocenters. The fourth-order valence-electron chi connectivity index (χ4n) is 2.92. The number of aliphatic hydroxyl groups is 1. The Morgan fingerprint density at radius 2 is 1.89 bits per heavy atom. The lowest BCUT2D eigenvalue weighted by Crippen LogP contribution is -2.09. The minimum Gasteiger partial charge on any atom is -0.481 e. The van der Waals surface area contributed by atoms with Gasteiger partial charge in [-0.2, -0.15) is 0 Å². The van der Waals surface area contributed by atoms with E-state index in [1.807, 2.05) is 31.3 Å². The van der Waals surface area contributed by atoms with Crippen molar-refractivity contribution in [1.82, 2.24) is 9.55 Å². The Morgan fingerprint density at radius 1 is 1.21 bits per heavy atom. The summed E-state index contributed by atoms with van der Waals surface area (Å²) in [6.45, 7) is 2.94. The SMILES string of the molecule is CC(=O)O.Cc1cn2c(n1)C(O)N=C(c1ccccc1F)c1cc(Br)ccc1-2. The second-order valence-electron chi connectivity index (χ2n) is 6.12. The molecule has 2 heterocycles. The van der Waals surface area contributed by atoms with Crippen LogP contribution in [-0.4, -0.2) is 31.4 Å². The Morgan fingerprint density at radius 3 is 2.57 bits per heavy atom. The quantitative estimate of drug-likeness (QED) is 0.591. The number of fused-ring (bicyclic) bond motifs is 3. The third-order valence-electron chi connectivity index (χ3n) is 3.94. The Bertz CT molecular complexity index is 1070. The average molecular weight is 446 g/mol. The molecule has 8 heteroatoms. The standard InChI is InChI=1S/C18H13BrFN3O.C2H4O2/c1-10-9-23-15-7-6-11(19)8-13(15)16(22-18(24)17(23)21-10)12-4-2-3-5-14(12)20;1-2(3)4/h2-9,18,24H,1H3;1H3,(H,3,4). The highest BCUT2D eigenvalue weighted by molar-refractivity contribution is 9.10. The molecule has 144 valence electrons. The Hall–Kier alpha value is -2.84. The average Bonchev–Trinajstić information content (AvgIpc) is 2.97. The molecule has 0 bridgehead atoms. The number of carboxylic acids is 1. The van der Waals surface area contributed by atoms with E-state index in [0.29, 0.717) is 17.1 Å². The van der Waals surface area contributed by atoms with Crippen LogP contribution in [-0.2, 0) is 4.79 Å². The number of aliphatic hydroxyl groups excluding tert-OH is 1. The number of hydrogen-bond donors (Lipinski definition) is 2. The second-order valence-corrected chi connectivity index (χ2v) is 7.04. The molecule has 1 aliphatic heterocycles. The van der Waals surface area contributed by atoms with Crippen LogP contribution in [0.5, 0.6) is 0 Å². The van der Waals surface area contributed by atoms with Gasteiger partial charge in [0, 0.05) is 28.7 Å². The van der Waals surface area contributed by atoms with Gasteiger partial charge in [-0.3, -0.25) is 9.36 Å². The normalized spacial score (nSPS) is 14.8. The van der Waals surface area contributed by atoms with Crippen molar-refractivity contribution in [2.24, 2.45) is 4.99 Å². The van der Waals surface area contributed by atoms with Gasteiger partial charge in [0.25, 0.3) is 5.97 Å².